The Balaban J connectivity index is 0.00000256. The number of aliphatic imine (C=N–C) groups is 3. The van der Waals surface area contributed by atoms with E-state index in [0.29, 0.717) is 40.1 Å². The second-order valence-electron chi connectivity index (χ2n) is 9.79. The molecular weight excluding hydrogens is 560 g/mol. The summed E-state index contributed by atoms with van der Waals surface area (Å²) in [5.74, 6) is 2.83. The topological polar surface area (TPSA) is 104 Å². The maximum Gasteiger partial charge on any atom is 0.0927 e. The van der Waals surface area contributed by atoms with Crippen LogP contribution in [0.15, 0.2) is 122 Å². The standard InChI is InChI=1S/C32H17N8.Cu/c1-2-10-18-17(9-1)25-33-26(18)38-28-21-13-5-6-14-22(21)30(35-28)40-32-24-16-8-7-15-23(24)31(36-32)39-29-20-12-4-3-11-19(20)27(34-29)37-25;/h1-16,25H;/q-3;. The van der Waals surface area contributed by atoms with Gasteiger partial charge in [-0.05, 0) is 38.5 Å². The summed E-state index contributed by atoms with van der Waals surface area (Å²) in [5, 5.41) is 8.58. The van der Waals surface area contributed by atoms with Crippen molar-refractivity contribution in [3.63, 3.8) is 0 Å². The van der Waals surface area contributed by atoms with Gasteiger partial charge in [0.1, 0.15) is 0 Å². The Hall–Kier alpha value is -5.11. The van der Waals surface area contributed by atoms with Gasteiger partial charge in [0.2, 0.25) is 0 Å². The zero-order chi connectivity index (χ0) is 26.2. The average Bonchev–Trinajstić information content (AvgIpc) is 3.73. The molecule has 0 fully saturated rings. The van der Waals surface area contributed by atoms with Crippen molar-refractivity contribution in [2.24, 2.45) is 25.0 Å². The van der Waals surface area contributed by atoms with E-state index in [1.54, 1.807) is 0 Å². The van der Waals surface area contributed by atoms with E-state index >= 15 is 0 Å². The van der Waals surface area contributed by atoms with Gasteiger partial charge in [-0.25, -0.2) is 4.99 Å². The number of benzene rings is 4. The van der Waals surface area contributed by atoms with Gasteiger partial charge in [-0.15, -0.1) is 0 Å². The minimum absolute atomic E-state index is 0. The number of rotatable bonds is 0. The fourth-order valence-electron chi connectivity index (χ4n) is 5.59. The molecule has 3 aliphatic heterocycles. The summed E-state index contributed by atoms with van der Waals surface area (Å²) >= 11 is 0. The molecule has 1 atom stereocenters. The molecule has 4 aromatic carbocycles. The summed E-state index contributed by atoms with van der Waals surface area (Å²) < 4.78 is 0. The fraction of sp³-hybridized carbons (Fsp3) is 0.0312. The molecule has 2 aromatic heterocycles. The molecule has 0 aliphatic carbocycles. The van der Waals surface area contributed by atoms with E-state index in [-0.39, 0.29) is 17.1 Å². The van der Waals surface area contributed by atoms with Gasteiger partial charge >= 0.3 is 0 Å². The molecule has 3 aliphatic rings. The van der Waals surface area contributed by atoms with Crippen LogP contribution in [-0.2, 0) is 17.1 Å². The molecule has 5 heterocycles. The summed E-state index contributed by atoms with van der Waals surface area (Å²) in [7, 11) is 0. The first kappa shape index (κ1) is 23.7. The van der Waals surface area contributed by atoms with Crippen molar-refractivity contribution in [1.29, 1.82) is 0 Å². The number of amidine groups is 3. The predicted molar refractivity (Wildman–Crippen MR) is 155 cm³/mol. The number of hydrogen-bond acceptors (Lipinski definition) is 5. The molecule has 8 nitrogen and oxygen atoms in total. The molecule has 0 N–H and O–H groups in total. The van der Waals surface area contributed by atoms with Crippen LogP contribution in [-0.4, -0.2) is 17.5 Å². The normalized spacial score (nSPS) is 16.4. The van der Waals surface area contributed by atoms with Gasteiger partial charge in [-0.2, -0.15) is 0 Å². The molecule has 9 heteroatoms. The van der Waals surface area contributed by atoms with Crippen molar-refractivity contribution >= 4 is 50.7 Å². The Bertz CT molecular complexity index is 2260. The number of hydrogen-bond donors (Lipinski definition) is 0. The summed E-state index contributed by atoms with van der Waals surface area (Å²) in [4.78, 5) is 34.6. The molecule has 9 rings (SSSR count). The minimum Gasteiger partial charge on any atom is -0.451 e. The zero-order valence-corrected chi connectivity index (χ0v) is 22.1. The second kappa shape index (κ2) is 8.96. The molecule has 0 amide bonds. The van der Waals surface area contributed by atoms with Crippen LogP contribution in [0.5, 0.6) is 0 Å². The van der Waals surface area contributed by atoms with Gasteiger partial charge in [-0.1, -0.05) is 103 Å². The number of aromatic nitrogens is 2. The molecule has 6 aromatic rings. The van der Waals surface area contributed by atoms with Crippen LogP contribution >= 0.6 is 0 Å². The van der Waals surface area contributed by atoms with E-state index in [4.69, 9.17) is 40.2 Å². The Morgan fingerprint density at radius 1 is 0.488 bits per heavy atom. The van der Waals surface area contributed by atoms with Crippen LogP contribution in [0, 0.1) is 0 Å². The number of nitrogens with zero attached hydrogens (tertiary/aromatic N) is 8. The van der Waals surface area contributed by atoms with E-state index in [1.807, 2.05) is 97.1 Å². The van der Waals surface area contributed by atoms with Crippen molar-refractivity contribution < 1.29 is 17.1 Å². The Labute approximate surface area is 243 Å². The van der Waals surface area contributed by atoms with Gasteiger partial charge in [0, 0.05) is 51.2 Å². The van der Waals surface area contributed by atoms with Crippen LogP contribution in [0.1, 0.15) is 28.4 Å². The third-order valence-electron chi connectivity index (χ3n) is 7.47. The molecule has 199 valence electrons. The van der Waals surface area contributed by atoms with Gasteiger partial charge < -0.3 is 35.3 Å². The molecule has 0 spiro atoms. The Morgan fingerprint density at radius 2 is 1.05 bits per heavy atom. The van der Waals surface area contributed by atoms with E-state index < -0.39 is 6.17 Å². The maximum absolute atomic E-state index is 5.03. The van der Waals surface area contributed by atoms with Gasteiger partial charge in [0.05, 0.1) is 11.7 Å². The van der Waals surface area contributed by atoms with Crippen LogP contribution < -0.4 is 20.9 Å². The minimum atomic E-state index is -0.483. The van der Waals surface area contributed by atoms with Crippen molar-refractivity contribution in [2.75, 3.05) is 0 Å². The zero-order valence-electron chi connectivity index (χ0n) is 21.2. The monoisotopic (exact) mass is 576 g/mol. The average molecular weight is 577 g/mol. The summed E-state index contributed by atoms with van der Waals surface area (Å²) in [5.41, 5.74) is 4.86. The van der Waals surface area contributed by atoms with Crippen molar-refractivity contribution in [3.8, 4) is 0 Å². The first-order chi connectivity index (χ1) is 19.8. The quantitative estimate of drug-likeness (QED) is 0.233. The van der Waals surface area contributed by atoms with Crippen LogP contribution in [0.3, 0.4) is 0 Å². The van der Waals surface area contributed by atoms with Crippen molar-refractivity contribution in [1.82, 2.24) is 9.97 Å². The summed E-state index contributed by atoms with van der Waals surface area (Å²) in [6, 6.07) is 32.0. The smallest absolute Gasteiger partial charge is 0.0927 e. The van der Waals surface area contributed by atoms with Crippen molar-refractivity contribution in [2.45, 2.75) is 6.17 Å². The van der Waals surface area contributed by atoms with E-state index in [2.05, 4.69) is 0 Å². The van der Waals surface area contributed by atoms with Gasteiger partial charge in [0.15, 0.2) is 0 Å². The Morgan fingerprint density at radius 3 is 1.78 bits per heavy atom. The molecule has 0 saturated carbocycles. The van der Waals surface area contributed by atoms with E-state index in [0.717, 1.165) is 43.8 Å². The summed E-state index contributed by atoms with van der Waals surface area (Å²) in [6.07, 6.45) is -0.483. The molecule has 1 radical (unpaired) electrons. The molecule has 1 unspecified atom stereocenters. The predicted octanol–water partition coefficient (Wildman–Crippen LogP) is 5.16. The molecule has 41 heavy (non-hydrogen) atoms. The SMILES string of the molecule is [Cu].c1ccc2c(c1)C1=NC2=Nc2[n-]c(c3ccccc23)N=C2[N-]C(N=c3[n-]c(c4ccccc34)=N1)c1ccccc12. The molecule has 8 bridgehead atoms. The molecular formula is C32H17CuN8-3. The maximum atomic E-state index is 5.03. The number of fused-ring (bicyclic) bond motifs is 19. The third-order valence-corrected chi connectivity index (χ3v) is 7.47. The largest absolute Gasteiger partial charge is 0.451 e. The van der Waals surface area contributed by atoms with E-state index in [1.165, 1.54) is 0 Å². The Kier molecular flexibility index (Phi) is 5.19. The van der Waals surface area contributed by atoms with Crippen LogP contribution in [0.25, 0.3) is 26.9 Å². The van der Waals surface area contributed by atoms with E-state index in [9.17, 15) is 0 Å². The third kappa shape index (κ3) is 3.57. The first-order valence-corrected chi connectivity index (χ1v) is 13.0. The molecule has 0 saturated heterocycles. The first-order valence-electron chi connectivity index (χ1n) is 13.0. The van der Waals surface area contributed by atoms with Crippen LogP contribution in [0.2, 0.25) is 0 Å². The summed E-state index contributed by atoms with van der Waals surface area (Å²) in [6.45, 7) is 0. The fourth-order valence-corrected chi connectivity index (χ4v) is 5.59. The second-order valence-corrected chi connectivity index (χ2v) is 9.79. The van der Waals surface area contributed by atoms with Gasteiger partial charge in [-0.3, -0.25) is 0 Å². The van der Waals surface area contributed by atoms with Crippen LogP contribution in [0.4, 0.5) is 11.6 Å². The van der Waals surface area contributed by atoms with Crippen molar-refractivity contribution in [3.05, 3.63) is 136 Å². The van der Waals surface area contributed by atoms with Gasteiger partial charge in [0.25, 0.3) is 0 Å².